The van der Waals surface area contributed by atoms with Crippen LogP contribution in [0.2, 0.25) is 0 Å². The molecule has 3 N–H and O–H groups in total. The number of nitrogens with one attached hydrogen (secondary N) is 3. The number of carbonyl (C=O) groups excluding carboxylic acids is 2. The minimum atomic E-state index is -0.178. The number of hydrogen-bond donors (Lipinski definition) is 3. The van der Waals surface area contributed by atoms with E-state index in [2.05, 4.69) is 16.0 Å². The Morgan fingerprint density at radius 3 is 2.56 bits per heavy atom. The number of carbonyl (C=O) groups is 2. The Labute approximate surface area is 108 Å². The zero-order valence-electron chi connectivity index (χ0n) is 11.3. The fraction of sp³-hybridized carbons (Fsp3) is 0.833. The molecule has 1 heterocycles. The maximum absolute atomic E-state index is 11.8. The van der Waals surface area contributed by atoms with Crippen LogP contribution in [0.5, 0.6) is 0 Å². The lowest BCUT2D eigenvalue weighted by molar-refractivity contribution is -0.130. The smallest absolute Gasteiger partial charge is 0.238 e. The SMILES string of the molecule is CCN(CC)C(=O)CCNC(=O)C1CNCCN1. The summed E-state index contributed by atoms with van der Waals surface area (Å²) < 4.78 is 0. The van der Waals surface area contributed by atoms with Crippen molar-refractivity contribution in [2.45, 2.75) is 26.3 Å². The molecule has 0 saturated carbocycles. The molecule has 1 atom stereocenters. The average Bonchev–Trinajstić information content (AvgIpc) is 2.41. The van der Waals surface area contributed by atoms with Gasteiger partial charge in [0.25, 0.3) is 0 Å². The lowest BCUT2D eigenvalue weighted by atomic mass is 10.2. The van der Waals surface area contributed by atoms with Gasteiger partial charge >= 0.3 is 0 Å². The van der Waals surface area contributed by atoms with Gasteiger partial charge in [0.15, 0.2) is 0 Å². The standard InChI is InChI=1S/C12H24N4O2/c1-3-16(4-2)11(17)5-6-15-12(18)10-9-13-7-8-14-10/h10,13-14H,3-9H2,1-2H3,(H,15,18). The largest absolute Gasteiger partial charge is 0.354 e. The second-order valence-electron chi connectivity index (χ2n) is 4.32. The van der Waals surface area contributed by atoms with Gasteiger partial charge in [0, 0.05) is 45.7 Å². The normalized spacial score (nSPS) is 19.3. The molecular weight excluding hydrogens is 232 g/mol. The van der Waals surface area contributed by atoms with E-state index in [-0.39, 0.29) is 17.9 Å². The molecule has 1 rings (SSSR count). The number of amides is 2. The summed E-state index contributed by atoms with van der Waals surface area (Å²) in [5.41, 5.74) is 0. The summed E-state index contributed by atoms with van der Waals surface area (Å²) in [6.45, 7) is 8.10. The minimum Gasteiger partial charge on any atom is -0.354 e. The first-order valence-electron chi connectivity index (χ1n) is 6.68. The zero-order chi connectivity index (χ0) is 13.4. The van der Waals surface area contributed by atoms with E-state index in [0.29, 0.717) is 19.5 Å². The molecule has 6 heteroatoms. The van der Waals surface area contributed by atoms with Crippen molar-refractivity contribution in [3.63, 3.8) is 0 Å². The summed E-state index contributed by atoms with van der Waals surface area (Å²) in [4.78, 5) is 25.2. The molecular formula is C12H24N4O2. The maximum Gasteiger partial charge on any atom is 0.238 e. The van der Waals surface area contributed by atoms with Gasteiger partial charge in [-0.15, -0.1) is 0 Å². The van der Waals surface area contributed by atoms with Crippen LogP contribution in [0.15, 0.2) is 0 Å². The summed E-state index contributed by atoms with van der Waals surface area (Å²) in [5.74, 6) is 0.0598. The third-order valence-corrected chi connectivity index (χ3v) is 3.11. The van der Waals surface area contributed by atoms with Crippen LogP contribution in [0.3, 0.4) is 0 Å². The Hall–Kier alpha value is -1.14. The maximum atomic E-state index is 11.8. The predicted molar refractivity (Wildman–Crippen MR) is 70.2 cm³/mol. The predicted octanol–water partition coefficient (Wildman–Crippen LogP) is -1.08. The van der Waals surface area contributed by atoms with Gasteiger partial charge in [0.1, 0.15) is 0 Å². The Morgan fingerprint density at radius 1 is 1.28 bits per heavy atom. The van der Waals surface area contributed by atoms with Crippen LogP contribution in [-0.2, 0) is 9.59 Å². The fourth-order valence-electron chi connectivity index (χ4n) is 1.99. The minimum absolute atomic E-state index is 0.0328. The highest BCUT2D eigenvalue weighted by Crippen LogP contribution is 1.93. The number of rotatable bonds is 6. The highest BCUT2D eigenvalue weighted by atomic mass is 16.2. The number of hydrogen-bond acceptors (Lipinski definition) is 4. The van der Waals surface area contributed by atoms with Gasteiger partial charge in [0.05, 0.1) is 6.04 Å². The number of nitrogens with zero attached hydrogens (tertiary/aromatic N) is 1. The van der Waals surface area contributed by atoms with E-state index in [9.17, 15) is 9.59 Å². The average molecular weight is 256 g/mol. The van der Waals surface area contributed by atoms with Crippen LogP contribution in [-0.4, -0.2) is 62.0 Å². The summed E-state index contributed by atoms with van der Waals surface area (Å²) in [6, 6.07) is -0.178. The Morgan fingerprint density at radius 2 is 2.00 bits per heavy atom. The van der Waals surface area contributed by atoms with Crippen LogP contribution in [0, 0.1) is 0 Å². The fourth-order valence-corrected chi connectivity index (χ4v) is 1.99. The van der Waals surface area contributed by atoms with Gasteiger partial charge in [-0.1, -0.05) is 0 Å². The van der Waals surface area contributed by atoms with Crippen molar-refractivity contribution in [2.24, 2.45) is 0 Å². The van der Waals surface area contributed by atoms with Crippen molar-refractivity contribution in [1.82, 2.24) is 20.9 Å². The lowest BCUT2D eigenvalue weighted by Crippen LogP contribution is -2.55. The third-order valence-electron chi connectivity index (χ3n) is 3.11. The van der Waals surface area contributed by atoms with Crippen molar-refractivity contribution >= 4 is 11.8 Å². The highest BCUT2D eigenvalue weighted by Gasteiger charge is 2.20. The van der Waals surface area contributed by atoms with Crippen molar-refractivity contribution < 1.29 is 9.59 Å². The van der Waals surface area contributed by atoms with E-state index in [0.717, 1.165) is 26.2 Å². The Bertz CT molecular complexity index is 273. The molecule has 0 spiro atoms. The Kier molecular flexibility index (Phi) is 6.67. The molecule has 1 fully saturated rings. The molecule has 18 heavy (non-hydrogen) atoms. The molecule has 104 valence electrons. The van der Waals surface area contributed by atoms with Crippen molar-refractivity contribution in [2.75, 3.05) is 39.3 Å². The van der Waals surface area contributed by atoms with E-state index < -0.39 is 0 Å². The van der Waals surface area contributed by atoms with Gasteiger partial charge < -0.3 is 20.9 Å². The molecule has 1 aliphatic heterocycles. The second-order valence-corrected chi connectivity index (χ2v) is 4.32. The van der Waals surface area contributed by atoms with Crippen molar-refractivity contribution in [3.05, 3.63) is 0 Å². The van der Waals surface area contributed by atoms with Crippen molar-refractivity contribution in [3.8, 4) is 0 Å². The summed E-state index contributed by atoms with van der Waals surface area (Å²) in [6.07, 6.45) is 0.369. The van der Waals surface area contributed by atoms with Gasteiger partial charge in [0.2, 0.25) is 11.8 Å². The van der Waals surface area contributed by atoms with E-state index >= 15 is 0 Å². The third kappa shape index (κ3) is 4.62. The first-order chi connectivity index (χ1) is 8.69. The Balaban J connectivity index is 2.20. The molecule has 0 aromatic carbocycles. The molecule has 0 aromatic heterocycles. The summed E-state index contributed by atoms with van der Waals surface area (Å²) >= 11 is 0. The van der Waals surface area contributed by atoms with E-state index in [1.807, 2.05) is 13.8 Å². The molecule has 1 aliphatic rings. The van der Waals surface area contributed by atoms with E-state index in [4.69, 9.17) is 0 Å². The number of piperazine rings is 1. The summed E-state index contributed by atoms with van der Waals surface area (Å²) in [7, 11) is 0. The lowest BCUT2D eigenvalue weighted by Gasteiger charge is -2.24. The van der Waals surface area contributed by atoms with Gasteiger partial charge in [-0.2, -0.15) is 0 Å². The monoisotopic (exact) mass is 256 g/mol. The molecule has 0 bridgehead atoms. The second kappa shape index (κ2) is 8.05. The van der Waals surface area contributed by atoms with Crippen LogP contribution in [0.25, 0.3) is 0 Å². The highest BCUT2D eigenvalue weighted by molar-refractivity contribution is 5.83. The topological polar surface area (TPSA) is 73.5 Å². The van der Waals surface area contributed by atoms with Crippen LogP contribution in [0.4, 0.5) is 0 Å². The van der Waals surface area contributed by atoms with E-state index in [1.54, 1.807) is 4.90 Å². The van der Waals surface area contributed by atoms with Crippen LogP contribution < -0.4 is 16.0 Å². The molecule has 1 saturated heterocycles. The van der Waals surface area contributed by atoms with Gasteiger partial charge in [-0.3, -0.25) is 9.59 Å². The van der Waals surface area contributed by atoms with E-state index in [1.165, 1.54) is 0 Å². The molecule has 6 nitrogen and oxygen atoms in total. The van der Waals surface area contributed by atoms with Crippen LogP contribution in [0.1, 0.15) is 20.3 Å². The van der Waals surface area contributed by atoms with Gasteiger partial charge in [-0.05, 0) is 13.8 Å². The molecule has 0 radical (unpaired) electrons. The first-order valence-corrected chi connectivity index (χ1v) is 6.68. The quantitative estimate of drug-likeness (QED) is 0.565. The molecule has 2 amide bonds. The zero-order valence-corrected chi connectivity index (χ0v) is 11.3. The van der Waals surface area contributed by atoms with Gasteiger partial charge in [-0.25, -0.2) is 0 Å². The summed E-state index contributed by atoms with van der Waals surface area (Å²) in [5, 5.41) is 9.08. The van der Waals surface area contributed by atoms with Crippen molar-refractivity contribution in [1.29, 1.82) is 0 Å². The first kappa shape index (κ1) is 14.9. The molecule has 1 unspecified atom stereocenters. The molecule has 0 aromatic rings. The van der Waals surface area contributed by atoms with Crippen LogP contribution >= 0.6 is 0 Å². The molecule has 0 aliphatic carbocycles.